The van der Waals surface area contributed by atoms with Crippen LogP contribution in [0.25, 0.3) is 0 Å². The molecule has 1 fully saturated rings. The van der Waals surface area contributed by atoms with Gasteiger partial charge in [0, 0.05) is 36.2 Å². The van der Waals surface area contributed by atoms with Crippen LogP contribution >= 0.6 is 11.8 Å². The molecule has 1 aliphatic heterocycles. The van der Waals surface area contributed by atoms with E-state index in [1.165, 1.54) is 4.90 Å². The molecule has 0 aliphatic carbocycles. The van der Waals surface area contributed by atoms with E-state index in [9.17, 15) is 4.79 Å². The van der Waals surface area contributed by atoms with Gasteiger partial charge in [-0.3, -0.25) is 4.79 Å². The average Bonchev–Trinajstić information content (AvgIpc) is 2.92. The lowest BCUT2D eigenvalue weighted by Gasteiger charge is -2.17. The van der Waals surface area contributed by atoms with Crippen molar-refractivity contribution in [3.8, 4) is 0 Å². The maximum absolute atomic E-state index is 12.0. The van der Waals surface area contributed by atoms with Gasteiger partial charge in [0.2, 0.25) is 5.91 Å². The molecule has 1 saturated heterocycles. The normalized spacial score (nSPS) is 20.1. The summed E-state index contributed by atoms with van der Waals surface area (Å²) in [5, 5.41) is 0. The molecule has 1 heterocycles. The zero-order valence-electron chi connectivity index (χ0n) is 12.1. The molecular weight excluding hydrogens is 268 g/mol. The zero-order chi connectivity index (χ0) is 14.4. The van der Waals surface area contributed by atoms with Crippen molar-refractivity contribution >= 4 is 17.7 Å². The minimum atomic E-state index is 0.117. The van der Waals surface area contributed by atoms with E-state index in [4.69, 9.17) is 5.73 Å². The first-order chi connectivity index (χ1) is 9.65. The Balaban J connectivity index is 1.71. The maximum Gasteiger partial charge on any atom is 0.222 e. The SMILES string of the molecule is CC(N)CCC(=O)N1CCC(CSc2ccccc2)C1. The third kappa shape index (κ3) is 4.84. The molecule has 2 rings (SSSR count). The molecule has 1 aromatic rings. The van der Waals surface area contributed by atoms with Crippen molar-refractivity contribution in [3.63, 3.8) is 0 Å². The Labute approximate surface area is 125 Å². The highest BCUT2D eigenvalue weighted by Crippen LogP contribution is 2.26. The summed E-state index contributed by atoms with van der Waals surface area (Å²) in [5.41, 5.74) is 5.70. The Kier molecular flexibility index (Phi) is 5.92. The minimum Gasteiger partial charge on any atom is -0.342 e. The van der Waals surface area contributed by atoms with Crippen LogP contribution in [0.4, 0.5) is 0 Å². The van der Waals surface area contributed by atoms with Gasteiger partial charge in [-0.1, -0.05) is 18.2 Å². The van der Waals surface area contributed by atoms with Crippen LogP contribution in [-0.2, 0) is 4.79 Å². The van der Waals surface area contributed by atoms with Gasteiger partial charge < -0.3 is 10.6 Å². The van der Waals surface area contributed by atoms with E-state index in [1.807, 2.05) is 29.7 Å². The first kappa shape index (κ1) is 15.4. The van der Waals surface area contributed by atoms with Crippen LogP contribution in [0.3, 0.4) is 0 Å². The quantitative estimate of drug-likeness (QED) is 0.820. The fourth-order valence-electron chi connectivity index (χ4n) is 2.44. The van der Waals surface area contributed by atoms with Crippen molar-refractivity contribution in [1.82, 2.24) is 4.90 Å². The lowest BCUT2D eigenvalue weighted by atomic mass is 10.1. The van der Waals surface area contributed by atoms with Crippen LogP contribution < -0.4 is 5.73 Å². The number of rotatable bonds is 6. The third-order valence-corrected chi connectivity index (χ3v) is 4.92. The van der Waals surface area contributed by atoms with Gasteiger partial charge in [-0.15, -0.1) is 11.8 Å². The number of likely N-dealkylation sites (tertiary alicyclic amines) is 1. The van der Waals surface area contributed by atoms with Gasteiger partial charge >= 0.3 is 0 Å². The Bertz CT molecular complexity index is 422. The summed E-state index contributed by atoms with van der Waals surface area (Å²) in [6, 6.07) is 10.6. The summed E-state index contributed by atoms with van der Waals surface area (Å²) in [6.45, 7) is 3.78. The van der Waals surface area contributed by atoms with Gasteiger partial charge in [-0.2, -0.15) is 0 Å². The molecule has 1 aromatic carbocycles. The van der Waals surface area contributed by atoms with Crippen LogP contribution in [0.5, 0.6) is 0 Å². The van der Waals surface area contributed by atoms with Crippen LogP contribution in [0, 0.1) is 5.92 Å². The Morgan fingerprint density at radius 1 is 1.45 bits per heavy atom. The number of carbonyl (C=O) groups excluding carboxylic acids is 1. The van der Waals surface area contributed by atoms with E-state index in [-0.39, 0.29) is 11.9 Å². The smallest absolute Gasteiger partial charge is 0.222 e. The van der Waals surface area contributed by atoms with E-state index in [0.29, 0.717) is 12.3 Å². The van der Waals surface area contributed by atoms with E-state index in [1.54, 1.807) is 0 Å². The summed E-state index contributed by atoms with van der Waals surface area (Å²) >= 11 is 1.89. The molecule has 0 radical (unpaired) electrons. The molecule has 110 valence electrons. The molecule has 1 amide bonds. The van der Waals surface area contributed by atoms with Crippen molar-refractivity contribution in [2.24, 2.45) is 11.7 Å². The van der Waals surface area contributed by atoms with Gasteiger partial charge in [0.15, 0.2) is 0 Å². The predicted octanol–water partition coefficient (Wildman–Crippen LogP) is 2.75. The van der Waals surface area contributed by atoms with Crippen LogP contribution in [-0.4, -0.2) is 35.7 Å². The molecule has 1 aliphatic rings. The summed E-state index contributed by atoms with van der Waals surface area (Å²) in [4.78, 5) is 15.4. The second-order valence-corrected chi connectivity index (χ2v) is 6.73. The van der Waals surface area contributed by atoms with Crippen molar-refractivity contribution in [2.45, 2.75) is 37.1 Å². The van der Waals surface area contributed by atoms with Crippen LogP contribution in [0.2, 0.25) is 0 Å². The largest absolute Gasteiger partial charge is 0.342 e. The first-order valence-electron chi connectivity index (χ1n) is 7.36. The van der Waals surface area contributed by atoms with Crippen molar-refractivity contribution in [3.05, 3.63) is 30.3 Å². The highest BCUT2D eigenvalue weighted by Gasteiger charge is 2.25. The van der Waals surface area contributed by atoms with Crippen molar-refractivity contribution in [2.75, 3.05) is 18.8 Å². The summed E-state index contributed by atoms with van der Waals surface area (Å²) in [5.74, 6) is 2.00. The van der Waals surface area contributed by atoms with Crippen molar-refractivity contribution < 1.29 is 4.79 Å². The molecule has 2 atom stereocenters. The van der Waals surface area contributed by atoms with E-state index >= 15 is 0 Å². The molecule has 0 bridgehead atoms. The highest BCUT2D eigenvalue weighted by molar-refractivity contribution is 7.99. The zero-order valence-corrected chi connectivity index (χ0v) is 12.9. The fraction of sp³-hybridized carbons (Fsp3) is 0.562. The molecule has 20 heavy (non-hydrogen) atoms. The van der Waals surface area contributed by atoms with E-state index < -0.39 is 0 Å². The summed E-state index contributed by atoms with van der Waals surface area (Å²) in [6.07, 6.45) is 2.51. The second kappa shape index (κ2) is 7.70. The molecule has 0 aromatic heterocycles. The topological polar surface area (TPSA) is 46.3 Å². The summed E-state index contributed by atoms with van der Waals surface area (Å²) < 4.78 is 0. The molecule has 4 heteroatoms. The highest BCUT2D eigenvalue weighted by atomic mass is 32.2. The predicted molar refractivity (Wildman–Crippen MR) is 84.7 cm³/mol. The molecule has 0 spiro atoms. The lowest BCUT2D eigenvalue weighted by Crippen LogP contribution is -2.30. The Morgan fingerprint density at radius 3 is 2.90 bits per heavy atom. The van der Waals surface area contributed by atoms with Gasteiger partial charge in [0.25, 0.3) is 0 Å². The number of benzene rings is 1. The molecular formula is C16H24N2OS. The number of amides is 1. The van der Waals surface area contributed by atoms with Gasteiger partial charge in [-0.25, -0.2) is 0 Å². The minimum absolute atomic E-state index is 0.117. The number of hydrogen-bond donors (Lipinski definition) is 1. The third-order valence-electron chi connectivity index (χ3n) is 3.68. The van der Waals surface area contributed by atoms with E-state index in [0.717, 1.165) is 31.7 Å². The number of nitrogens with zero attached hydrogens (tertiary/aromatic N) is 1. The standard InChI is InChI=1S/C16H24N2OS/c1-13(17)7-8-16(19)18-10-9-14(11-18)12-20-15-5-3-2-4-6-15/h2-6,13-14H,7-12,17H2,1H3. The number of carbonyl (C=O) groups is 1. The number of hydrogen-bond acceptors (Lipinski definition) is 3. The molecule has 0 saturated carbocycles. The number of nitrogens with two attached hydrogens (primary N) is 1. The Morgan fingerprint density at radius 2 is 2.20 bits per heavy atom. The maximum atomic E-state index is 12.0. The first-order valence-corrected chi connectivity index (χ1v) is 8.35. The fourth-order valence-corrected chi connectivity index (χ4v) is 3.49. The van der Waals surface area contributed by atoms with Gasteiger partial charge in [0.05, 0.1) is 0 Å². The van der Waals surface area contributed by atoms with Gasteiger partial charge in [0.1, 0.15) is 0 Å². The monoisotopic (exact) mass is 292 g/mol. The molecule has 3 nitrogen and oxygen atoms in total. The second-order valence-electron chi connectivity index (χ2n) is 5.63. The number of thioether (sulfide) groups is 1. The van der Waals surface area contributed by atoms with Crippen molar-refractivity contribution in [1.29, 1.82) is 0 Å². The van der Waals surface area contributed by atoms with Crippen LogP contribution in [0.15, 0.2) is 35.2 Å². The molecule has 2 N–H and O–H groups in total. The molecule has 2 unspecified atom stereocenters. The lowest BCUT2D eigenvalue weighted by molar-refractivity contribution is -0.130. The summed E-state index contributed by atoms with van der Waals surface area (Å²) in [7, 11) is 0. The van der Waals surface area contributed by atoms with E-state index in [2.05, 4.69) is 24.3 Å². The average molecular weight is 292 g/mol. The van der Waals surface area contributed by atoms with Crippen LogP contribution in [0.1, 0.15) is 26.2 Å². The van der Waals surface area contributed by atoms with Gasteiger partial charge in [-0.05, 0) is 37.8 Å². The Hall–Kier alpha value is -1.00.